The summed E-state index contributed by atoms with van der Waals surface area (Å²) in [6.07, 6.45) is 1.08. The molecule has 0 spiro atoms. The fourth-order valence-corrected chi connectivity index (χ4v) is 2.99. The van der Waals surface area contributed by atoms with Gasteiger partial charge in [0.1, 0.15) is 11.4 Å². The van der Waals surface area contributed by atoms with Crippen LogP contribution in [0.5, 0.6) is 0 Å². The van der Waals surface area contributed by atoms with Gasteiger partial charge in [-0.2, -0.15) is 0 Å². The van der Waals surface area contributed by atoms with Gasteiger partial charge >= 0.3 is 5.97 Å². The van der Waals surface area contributed by atoms with Crippen LogP contribution in [0.3, 0.4) is 0 Å². The lowest BCUT2D eigenvalue weighted by Gasteiger charge is -2.51. The lowest BCUT2D eigenvalue weighted by molar-refractivity contribution is -0.0976. The van der Waals surface area contributed by atoms with Crippen molar-refractivity contribution in [3.05, 3.63) is 22.9 Å². The second-order valence-electron chi connectivity index (χ2n) is 6.31. The van der Waals surface area contributed by atoms with E-state index in [1.165, 1.54) is 0 Å². The van der Waals surface area contributed by atoms with Crippen LogP contribution < -0.4 is 5.32 Å². The SMILES string of the molecule is CCOC1CC(Nc2nc(C)cc(C)c2C(=O)O)C1(C)C. The van der Waals surface area contributed by atoms with E-state index in [1.807, 2.05) is 13.8 Å². The Hall–Kier alpha value is -1.62. The highest BCUT2D eigenvalue weighted by molar-refractivity contribution is 5.94. The van der Waals surface area contributed by atoms with Crippen LogP contribution in [-0.4, -0.2) is 34.8 Å². The first-order valence-electron chi connectivity index (χ1n) is 7.37. The Morgan fingerprint density at radius 3 is 2.71 bits per heavy atom. The lowest BCUT2D eigenvalue weighted by atomic mass is 9.64. The van der Waals surface area contributed by atoms with Crippen molar-refractivity contribution in [1.29, 1.82) is 0 Å². The number of nitrogens with zero attached hydrogens (tertiary/aromatic N) is 1. The molecule has 0 aromatic carbocycles. The highest BCUT2D eigenvalue weighted by atomic mass is 16.5. The number of anilines is 1. The fourth-order valence-electron chi connectivity index (χ4n) is 2.99. The molecule has 0 aliphatic heterocycles. The number of pyridine rings is 1. The fraction of sp³-hybridized carbons (Fsp3) is 0.625. The van der Waals surface area contributed by atoms with E-state index in [0.29, 0.717) is 12.4 Å². The largest absolute Gasteiger partial charge is 0.478 e. The van der Waals surface area contributed by atoms with Gasteiger partial charge in [0.2, 0.25) is 0 Å². The van der Waals surface area contributed by atoms with Crippen molar-refractivity contribution in [2.24, 2.45) is 5.41 Å². The molecule has 1 aromatic heterocycles. The number of carbonyl (C=O) groups is 1. The number of aromatic carboxylic acids is 1. The molecular formula is C16H24N2O3. The van der Waals surface area contributed by atoms with Crippen molar-refractivity contribution < 1.29 is 14.6 Å². The molecule has 0 bridgehead atoms. The standard InChI is InChI=1S/C16H24N2O3/c1-6-21-12-8-11(16(12,4)5)18-14-13(15(19)20)9(2)7-10(3)17-14/h7,11-12H,6,8H2,1-5H3,(H,17,18)(H,19,20). The van der Waals surface area contributed by atoms with Crippen molar-refractivity contribution in [3.63, 3.8) is 0 Å². The Morgan fingerprint density at radius 2 is 2.19 bits per heavy atom. The molecular weight excluding hydrogens is 268 g/mol. The maximum Gasteiger partial charge on any atom is 0.339 e. The van der Waals surface area contributed by atoms with Gasteiger partial charge in [0.05, 0.1) is 6.10 Å². The number of nitrogens with one attached hydrogen (secondary N) is 1. The maximum atomic E-state index is 11.5. The van der Waals surface area contributed by atoms with Gasteiger partial charge < -0.3 is 15.2 Å². The minimum Gasteiger partial charge on any atom is -0.478 e. The summed E-state index contributed by atoms with van der Waals surface area (Å²) in [5, 5.41) is 12.7. The Morgan fingerprint density at radius 1 is 1.52 bits per heavy atom. The molecule has 2 N–H and O–H groups in total. The van der Waals surface area contributed by atoms with Gasteiger partial charge in [-0.15, -0.1) is 0 Å². The van der Waals surface area contributed by atoms with Crippen LogP contribution in [0.15, 0.2) is 6.07 Å². The van der Waals surface area contributed by atoms with Gasteiger partial charge in [0.25, 0.3) is 0 Å². The van der Waals surface area contributed by atoms with E-state index in [-0.39, 0.29) is 23.1 Å². The molecule has 116 valence electrons. The third-order valence-electron chi connectivity index (χ3n) is 4.42. The molecule has 1 heterocycles. The van der Waals surface area contributed by atoms with Crippen LogP contribution in [-0.2, 0) is 4.74 Å². The predicted octanol–water partition coefficient (Wildman–Crippen LogP) is 3.01. The quantitative estimate of drug-likeness (QED) is 0.873. The van der Waals surface area contributed by atoms with E-state index in [1.54, 1.807) is 13.0 Å². The molecule has 1 aliphatic carbocycles. The number of hydrogen-bond donors (Lipinski definition) is 2. The van der Waals surface area contributed by atoms with Crippen LogP contribution in [0.4, 0.5) is 5.82 Å². The molecule has 2 unspecified atom stereocenters. The smallest absolute Gasteiger partial charge is 0.339 e. The van der Waals surface area contributed by atoms with E-state index in [4.69, 9.17) is 4.74 Å². The van der Waals surface area contributed by atoms with Crippen molar-refractivity contribution >= 4 is 11.8 Å². The lowest BCUT2D eigenvalue weighted by Crippen LogP contribution is -2.58. The van der Waals surface area contributed by atoms with Crippen LogP contribution in [0.2, 0.25) is 0 Å². The third kappa shape index (κ3) is 2.88. The Balaban J connectivity index is 2.23. The van der Waals surface area contributed by atoms with E-state index >= 15 is 0 Å². The minimum atomic E-state index is -0.944. The molecule has 0 saturated heterocycles. The second kappa shape index (κ2) is 5.64. The summed E-state index contributed by atoms with van der Waals surface area (Å²) in [5.74, 6) is -0.478. The molecule has 2 atom stereocenters. The first kappa shape index (κ1) is 15.8. The molecule has 1 fully saturated rings. The average molecular weight is 292 g/mol. The third-order valence-corrected chi connectivity index (χ3v) is 4.42. The van der Waals surface area contributed by atoms with Crippen LogP contribution in [0.1, 0.15) is 48.8 Å². The van der Waals surface area contributed by atoms with Crippen molar-refractivity contribution in [2.45, 2.75) is 53.2 Å². The normalized spacial score (nSPS) is 23.5. The summed E-state index contributed by atoms with van der Waals surface area (Å²) in [7, 11) is 0. The van der Waals surface area contributed by atoms with Gasteiger partial charge in [-0.25, -0.2) is 9.78 Å². The van der Waals surface area contributed by atoms with Gasteiger partial charge in [0, 0.05) is 23.8 Å². The van der Waals surface area contributed by atoms with Crippen molar-refractivity contribution in [2.75, 3.05) is 11.9 Å². The highest BCUT2D eigenvalue weighted by Gasteiger charge is 2.49. The summed E-state index contributed by atoms with van der Waals surface area (Å²) >= 11 is 0. The zero-order valence-electron chi connectivity index (χ0n) is 13.4. The number of carboxylic acid groups (broad SMARTS) is 1. The van der Waals surface area contributed by atoms with E-state index in [2.05, 4.69) is 24.1 Å². The number of aromatic nitrogens is 1. The second-order valence-corrected chi connectivity index (χ2v) is 6.31. The predicted molar refractivity (Wildman–Crippen MR) is 81.9 cm³/mol. The highest BCUT2D eigenvalue weighted by Crippen LogP contribution is 2.44. The summed E-state index contributed by atoms with van der Waals surface area (Å²) in [6, 6.07) is 1.96. The van der Waals surface area contributed by atoms with Crippen molar-refractivity contribution in [3.8, 4) is 0 Å². The van der Waals surface area contributed by atoms with Gasteiger partial charge in [-0.1, -0.05) is 13.8 Å². The molecule has 1 saturated carbocycles. The van der Waals surface area contributed by atoms with Gasteiger partial charge in [-0.3, -0.25) is 0 Å². The molecule has 21 heavy (non-hydrogen) atoms. The van der Waals surface area contributed by atoms with Gasteiger partial charge in [0.15, 0.2) is 0 Å². The number of carboxylic acids is 1. The summed E-state index contributed by atoms with van der Waals surface area (Å²) in [5.41, 5.74) is 1.77. The van der Waals surface area contributed by atoms with Gasteiger partial charge in [-0.05, 0) is 38.8 Å². The van der Waals surface area contributed by atoms with Crippen LogP contribution >= 0.6 is 0 Å². The number of aryl methyl sites for hydroxylation is 2. The summed E-state index contributed by atoms with van der Waals surface area (Å²) in [4.78, 5) is 15.8. The van der Waals surface area contributed by atoms with Crippen molar-refractivity contribution in [1.82, 2.24) is 4.98 Å². The molecule has 2 rings (SSSR count). The number of ether oxygens (including phenoxy) is 1. The van der Waals surface area contributed by atoms with Crippen LogP contribution in [0, 0.1) is 19.3 Å². The topological polar surface area (TPSA) is 71.5 Å². The maximum absolute atomic E-state index is 11.5. The van der Waals surface area contributed by atoms with E-state index in [0.717, 1.165) is 17.7 Å². The Bertz CT molecular complexity index is 555. The Labute approximate surface area is 125 Å². The number of hydrogen-bond acceptors (Lipinski definition) is 4. The summed E-state index contributed by atoms with van der Waals surface area (Å²) < 4.78 is 5.71. The summed E-state index contributed by atoms with van der Waals surface area (Å²) in [6.45, 7) is 10.6. The zero-order valence-corrected chi connectivity index (χ0v) is 13.4. The minimum absolute atomic E-state index is 0.0366. The number of rotatable bonds is 5. The molecule has 1 aliphatic rings. The van der Waals surface area contributed by atoms with Crippen LogP contribution in [0.25, 0.3) is 0 Å². The first-order valence-corrected chi connectivity index (χ1v) is 7.37. The molecule has 5 nitrogen and oxygen atoms in total. The molecule has 0 radical (unpaired) electrons. The molecule has 0 amide bonds. The first-order chi connectivity index (χ1) is 9.77. The Kier molecular flexibility index (Phi) is 4.23. The average Bonchev–Trinajstić information content (AvgIpc) is 2.36. The zero-order chi connectivity index (χ0) is 15.8. The monoisotopic (exact) mass is 292 g/mol. The van der Waals surface area contributed by atoms with E-state index in [9.17, 15) is 9.90 Å². The molecule has 5 heteroatoms. The molecule has 1 aromatic rings. The van der Waals surface area contributed by atoms with E-state index < -0.39 is 5.97 Å².